The van der Waals surface area contributed by atoms with Crippen LogP contribution in [0.1, 0.15) is 41.0 Å². The number of aromatic nitrogens is 1. The van der Waals surface area contributed by atoms with Gasteiger partial charge in [0.1, 0.15) is 5.69 Å². The predicted octanol–water partition coefficient (Wildman–Crippen LogP) is 2.49. The third-order valence-corrected chi connectivity index (χ3v) is 5.00. The van der Waals surface area contributed by atoms with E-state index < -0.39 is 35.0 Å². The first-order chi connectivity index (χ1) is 13.1. The molecule has 3 rings (SSSR count). The summed E-state index contributed by atoms with van der Waals surface area (Å²) in [5.41, 5.74) is -2.93. The van der Waals surface area contributed by atoms with Gasteiger partial charge < -0.3 is 14.6 Å². The van der Waals surface area contributed by atoms with Crippen LogP contribution in [-0.4, -0.2) is 47.6 Å². The number of carbonyl (C=O) groups is 2. The Labute approximate surface area is 159 Å². The number of hydrogen-bond donors (Lipinski definition) is 1. The molecule has 1 aromatic rings. The van der Waals surface area contributed by atoms with Gasteiger partial charge in [0, 0.05) is 18.6 Å². The molecule has 2 aliphatic carbocycles. The fourth-order valence-corrected chi connectivity index (χ4v) is 3.58. The molecule has 1 heterocycles. The van der Waals surface area contributed by atoms with Crippen molar-refractivity contribution in [2.75, 3.05) is 20.3 Å². The highest BCUT2D eigenvalue weighted by molar-refractivity contribution is 6.27. The van der Waals surface area contributed by atoms with Crippen molar-refractivity contribution in [1.82, 2.24) is 4.98 Å². The lowest BCUT2D eigenvalue weighted by Gasteiger charge is -2.25. The van der Waals surface area contributed by atoms with Gasteiger partial charge in [-0.1, -0.05) is 0 Å². The van der Waals surface area contributed by atoms with Crippen molar-refractivity contribution in [2.45, 2.75) is 37.6 Å². The Hall–Kier alpha value is -2.10. The number of alkyl halides is 3. The third-order valence-electron chi connectivity index (χ3n) is 5.00. The van der Waals surface area contributed by atoms with E-state index in [0.29, 0.717) is 18.9 Å². The molecule has 1 aromatic heterocycles. The average molecular weight is 399 g/mol. The number of pyridine rings is 1. The van der Waals surface area contributed by atoms with Crippen molar-refractivity contribution in [3.63, 3.8) is 0 Å². The summed E-state index contributed by atoms with van der Waals surface area (Å²) in [7, 11) is 1.45. The first-order valence-electron chi connectivity index (χ1n) is 8.82. The third kappa shape index (κ3) is 4.16. The second kappa shape index (κ2) is 7.73. The Bertz CT molecular complexity index is 820. The molecule has 1 N–H and O–H groups in total. The lowest BCUT2D eigenvalue weighted by atomic mass is 9.82. The van der Waals surface area contributed by atoms with E-state index in [-0.39, 0.29) is 43.1 Å². The van der Waals surface area contributed by atoms with Gasteiger partial charge in [-0.3, -0.25) is 9.59 Å². The van der Waals surface area contributed by atoms with Crippen LogP contribution >= 0.6 is 0 Å². The molecule has 1 fully saturated rings. The SMILES string of the molecule is COCCOCc1nc(C(F)(F)F)ccc1C(=O)C1=CC2(O)CCC(C2)C1=O. The molecule has 2 atom stereocenters. The molecule has 28 heavy (non-hydrogen) atoms. The number of fused-ring (bicyclic) bond motifs is 2. The minimum atomic E-state index is -4.68. The number of ketones is 2. The van der Waals surface area contributed by atoms with Crippen LogP contribution < -0.4 is 0 Å². The summed E-state index contributed by atoms with van der Waals surface area (Å²) in [6.07, 6.45) is -2.33. The van der Waals surface area contributed by atoms with Crippen molar-refractivity contribution in [1.29, 1.82) is 0 Å². The van der Waals surface area contributed by atoms with Gasteiger partial charge in [0.25, 0.3) is 0 Å². The molecule has 152 valence electrons. The lowest BCUT2D eigenvalue weighted by molar-refractivity contribution is -0.141. The predicted molar refractivity (Wildman–Crippen MR) is 90.5 cm³/mol. The van der Waals surface area contributed by atoms with Crippen LogP contribution in [-0.2, 0) is 27.1 Å². The van der Waals surface area contributed by atoms with Gasteiger partial charge >= 0.3 is 6.18 Å². The van der Waals surface area contributed by atoms with Crippen LogP contribution in [0.4, 0.5) is 13.2 Å². The monoisotopic (exact) mass is 399 g/mol. The quantitative estimate of drug-likeness (QED) is 0.431. The minimum absolute atomic E-state index is 0.103. The minimum Gasteiger partial charge on any atom is -0.386 e. The smallest absolute Gasteiger partial charge is 0.386 e. The molecule has 2 unspecified atom stereocenters. The standard InChI is InChI=1S/C19H20F3NO5/c1-27-6-7-28-10-14-12(2-3-15(23-14)19(20,21)22)17(25)13-9-18(26)5-4-11(8-18)16(13)24/h2-3,9,11,26H,4-8,10H2,1H3. The van der Waals surface area contributed by atoms with Crippen LogP contribution in [0.15, 0.2) is 23.8 Å². The van der Waals surface area contributed by atoms with Crippen molar-refractivity contribution in [2.24, 2.45) is 5.92 Å². The second-order valence-electron chi connectivity index (χ2n) is 7.03. The molecule has 1 saturated carbocycles. The van der Waals surface area contributed by atoms with Gasteiger partial charge in [0.2, 0.25) is 0 Å². The van der Waals surface area contributed by atoms with E-state index in [1.165, 1.54) is 13.2 Å². The molecule has 6 nitrogen and oxygen atoms in total. The van der Waals surface area contributed by atoms with E-state index in [9.17, 15) is 27.9 Å². The Morgan fingerprint density at radius 3 is 2.79 bits per heavy atom. The molecule has 0 amide bonds. The highest BCUT2D eigenvalue weighted by Gasteiger charge is 2.46. The Morgan fingerprint density at radius 2 is 2.11 bits per heavy atom. The molecule has 9 heteroatoms. The van der Waals surface area contributed by atoms with E-state index in [0.717, 1.165) is 6.07 Å². The van der Waals surface area contributed by atoms with E-state index in [2.05, 4.69) is 4.98 Å². The van der Waals surface area contributed by atoms with E-state index in [1.54, 1.807) is 0 Å². The van der Waals surface area contributed by atoms with Crippen molar-refractivity contribution >= 4 is 11.6 Å². The highest BCUT2D eigenvalue weighted by atomic mass is 19.4. The van der Waals surface area contributed by atoms with Crippen molar-refractivity contribution in [3.8, 4) is 0 Å². The van der Waals surface area contributed by atoms with Gasteiger partial charge in [-0.2, -0.15) is 13.2 Å². The summed E-state index contributed by atoms with van der Waals surface area (Å²) < 4.78 is 49.1. The number of aliphatic hydroxyl groups is 1. The Balaban J connectivity index is 1.94. The Kier molecular flexibility index (Phi) is 5.69. The number of halogens is 3. The number of nitrogens with zero attached hydrogens (tertiary/aromatic N) is 1. The molecule has 0 radical (unpaired) electrons. The molecule has 0 spiro atoms. The number of methoxy groups -OCH3 is 1. The molecule has 0 aromatic carbocycles. The normalized spacial score (nSPS) is 24.4. The van der Waals surface area contributed by atoms with Crippen molar-refractivity contribution in [3.05, 3.63) is 40.7 Å². The molecule has 0 saturated heterocycles. The zero-order chi connectivity index (χ0) is 20.5. The first-order valence-corrected chi connectivity index (χ1v) is 8.82. The number of rotatable bonds is 7. The van der Waals surface area contributed by atoms with Gasteiger partial charge in [-0.05, 0) is 37.5 Å². The molecular formula is C19H20F3NO5. The van der Waals surface area contributed by atoms with Crippen LogP contribution in [0.5, 0.6) is 0 Å². The average Bonchev–Trinajstić information content (AvgIpc) is 2.98. The number of Topliss-reactive ketones (excluding diaryl/α,β-unsaturated/α-hetero) is 2. The Morgan fingerprint density at radius 1 is 1.36 bits per heavy atom. The van der Waals surface area contributed by atoms with Crippen molar-refractivity contribution < 1.29 is 37.3 Å². The van der Waals surface area contributed by atoms with Gasteiger partial charge in [0.05, 0.1) is 36.7 Å². The van der Waals surface area contributed by atoms with Crippen LogP contribution in [0.3, 0.4) is 0 Å². The molecule has 0 aliphatic heterocycles. The highest BCUT2D eigenvalue weighted by Crippen LogP contribution is 2.42. The fraction of sp³-hybridized carbons (Fsp3) is 0.526. The first kappa shape index (κ1) is 20.6. The van der Waals surface area contributed by atoms with Gasteiger partial charge in [-0.25, -0.2) is 4.98 Å². The van der Waals surface area contributed by atoms with Crippen LogP contribution in [0.2, 0.25) is 0 Å². The summed E-state index contributed by atoms with van der Waals surface area (Å²) in [6.45, 7) is -0.0182. The van der Waals surface area contributed by atoms with Crippen LogP contribution in [0.25, 0.3) is 0 Å². The topological polar surface area (TPSA) is 85.7 Å². The van der Waals surface area contributed by atoms with E-state index in [4.69, 9.17) is 9.47 Å². The number of allylic oxidation sites excluding steroid dienone is 1. The maximum atomic E-state index is 13.0. The van der Waals surface area contributed by atoms with E-state index >= 15 is 0 Å². The van der Waals surface area contributed by atoms with Gasteiger partial charge in [0.15, 0.2) is 11.6 Å². The largest absolute Gasteiger partial charge is 0.433 e. The summed E-state index contributed by atoms with van der Waals surface area (Å²) >= 11 is 0. The van der Waals surface area contributed by atoms with E-state index in [1.807, 2.05) is 0 Å². The summed E-state index contributed by atoms with van der Waals surface area (Å²) in [5, 5.41) is 10.4. The number of carbonyl (C=O) groups excluding carboxylic acids is 2. The number of ether oxygens (including phenoxy) is 2. The van der Waals surface area contributed by atoms with Crippen LogP contribution in [0, 0.1) is 5.92 Å². The molecule has 2 bridgehead atoms. The zero-order valence-corrected chi connectivity index (χ0v) is 15.2. The zero-order valence-electron chi connectivity index (χ0n) is 15.2. The maximum absolute atomic E-state index is 13.0. The summed E-state index contributed by atoms with van der Waals surface area (Å²) in [6, 6.07) is 1.70. The summed E-state index contributed by atoms with van der Waals surface area (Å²) in [4.78, 5) is 29.0. The lowest BCUT2D eigenvalue weighted by Crippen LogP contribution is -2.33. The fourth-order valence-electron chi connectivity index (χ4n) is 3.58. The number of hydrogen-bond acceptors (Lipinski definition) is 6. The van der Waals surface area contributed by atoms with Gasteiger partial charge in [-0.15, -0.1) is 0 Å². The second-order valence-corrected chi connectivity index (χ2v) is 7.03. The summed E-state index contributed by atoms with van der Waals surface area (Å²) in [5.74, 6) is -1.59. The molecule has 2 aliphatic rings. The maximum Gasteiger partial charge on any atom is 0.433 e. The molecular weight excluding hydrogens is 379 g/mol.